The first-order chi connectivity index (χ1) is 13.9. The summed E-state index contributed by atoms with van der Waals surface area (Å²) >= 11 is 2.15. The topological polar surface area (TPSA) is 38.5 Å². The summed E-state index contributed by atoms with van der Waals surface area (Å²) in [6.45, 7) is 4.88. The van der Waals surface area contributed by atoms with Gasteiger partial charge in [0.05, 0.1) is 12.5 Å². The summed E-state index contributed by atoms with van der Waals surface area (Å²) in [7, 11) is 0. The maximum Gasteiger partial charge on any atom is 0.255 e. The largest absolute Gasteiger partial charge is 0.493 e. The first-order valence-electron chi connectivity index (χ1n) is 9.98. The molecule has 3 nitrogen and oxygen atoms in total. The molecule has 0 amide bonds. The number of nitrogens with zero attached hydrogens (tertiary/aromatic N) is 1. The summed E-state index contributed by atoms with van der Waals surface area (Å²) in [4.78, 5) is 4.40. The Bertz CT molecular complexity index is 811. The molecule has 29 heavy (non-hydrogen) atoms. The zero-order chi connectivity index (χ0) is 21.0. The number of hydrogen-bond acceptors (Lipinski definition) is 3. The summed E-state index contributed by atoms with van der Waals surface area (Å²) in [6.07, 6.45) is 0.905. The number of benzene rings is 2. The van der Waals surface area contributed by atoms with Gasteiger partial charge in [-0.15, -0.1) is 0 Å². The minimum absolute atomic E-state index is 0.0436. The number of hydrogen-bond donors (Lipinski definition) is 1. The molecule has 1 fully saturated rings. The van der Waals surface area contributed by atoms with Gasteiger partial charge in [-0.1, -0.05) is 52.9 Å². The molecule has 1 saturated carbocycles. The van der Waals surface area contributed by atoms with Crippen LogP contribution in [0.15, 0.2) is 42.5 Å². The van der Waals surface area contributed by atoms with Gasteiger partial charge in [0.25, 0.3) is 5.92 Å². The fourth-order valence-corrected chi connectivity index (χ4v) is 3.64. The normalized spacial score (nSPS) is 20.8. The van der Waals surface area contributed by atoms with Gasteiger partial charge in [-0.3, -0.25) is 4.90 Å². The second-order valence-corrected chi connectivity index (χ2v) is 7.89. The minimum Gasteiger partial charge on any atom is -0.493 e. The molecule has 1 aliphatic heterocycles. The highest BCUT2D eigenvalue weighted by Gasteiger charge is 2.57. The molecule has 0 aromatic heterocycles. The molecule has 158 valence electrons. The van der Waals surface area contributed by atoms with Crippen LogP contribution >= 0.6 is 22.6 Å². The van der Waals surface area contributed by atoms with Gasteiger partial charge in [0.15, 0.2) is 0 Å². The molecule has 1 heterocycles. The fraction of sp³-hybridized carbons (Fsp3) is 0.478. The minimum atomic E-state index is -2.52. The summed E-state index contributed by atoms with van der Waals surface area (Å²) in [5.74, 6) is -2.43. The first-order valence-corrected chi connectivity index (χ1v) is 12.1. The van der Waals surface area contributed by atoms with Crippen LogP contribution in [0.5, 0.6) is 5.75 Å². The Labute approximate surface area is 185 Å². The summed E-state index contributed by atoms with van der Waals surface area (Å²) < 4.78 is 31.5. The molecule has 0 bridgehead atoms. The maximum absolute atomic E-state index is 13.0. The Hall–Kier alpha value is -1.25. The van der Waals surface area contributed by atoms with Crippen molar-refractivity contribution < 1.29 is 13.5 Å². The zero-order valence-electron chi connectivity index (χ0n) is 17.0. The number of rotatable bonds is 6. The second-order valence-electron chi connectivity index (χ2n) is 7.89. The van der Waals surface area contributed by atoms with Crippen LogP contribution in [0, 0.1) is 5.92 Å². The third kappa shape index (κ3) is 5.89. The van der Waals surface area contributed by atoms with Crippen LogP contribution < -0.4 is 10.5 Å². The van der Waals surface area contributed by atoms with E-state index in [0.717, 1.165) is 31.6 Å². The Kier molecular flexibility index (Phi) is 7.51. The van der Waals surface area contributed by atoms with E-state index in [0.29, 0.717) is 5.75 Å². The van der Waals surface area contributed by atoms with Gasteiger partial charge in [0, 0.05) is 32.1 Å². The van der Waals surface area contributed by atoms with Gasteiger partial charge in [0.1, 0.15) is 5.75 Å². The molecule has 2 atom stereocenters. The smallest absolute Gasteiger partial charge is 0.255 e. The van der Waals surface area contributed by atoms with Gasteiger partial charge in [-0.2, -0.15) is 0 Å². The molecule has 2 N–H and O–H groups in total. The van der Waals surface area contributed by atoms with Crippen molar-refractivity contribution >= 4 is 22.6 Å². The van der Waals surface area contributed by atoms with E-state index in [-0.39, 0.29) is 19.1 Å². The lowest BCUT2D eigenvalue weighted by Crippen LogP contribution is -2.30. The molecule has 2 aromatic carbocycles. The van der Waals surface area contributed by atoms with Crippen LogP contribution in [0.3, 0.4) is 0 Å². The van der Waals surface area contributed by atoms with Crippen molar-refractivity contribution in [3.63, 3.8) is 0 Å². The maximum atomic E-state index is 13.0. The number of ether oxygens (including phenoxy) is 1. The predicted molar refractivity (Wildman–Crippen MR) is 122 cm³/mol. The SMILES string of the molecule is CI.C[C@H](N)c1ccc(CN2CCc3cc(OC[C@@H]4CC4(F)F)ccc3C2)cc1. The Morgan fingerprint density at radius 3 is 2.48 bits per heavy atom. The molecule has 0 saturated heterocycles. The van der Waals surface area contributed by atoms with E-state index >= 15 is 0 Å². The first kappa shape index (κ1) is 22.4. The van der Waals surface area contributed by atoms with Crippen LogP contribution in [0.1, 0.15) is 41.6 Å². The van der Waals surface area contributed by atoms with Crippen LogP contribution in [-0.2, 0) is 19.5 Å². The highest BCUT2D eigenvalue weighted by atomic mass is 127. The van der Waals surface area contributed by atoms with Crippen molar-refractivity contribution in [1.29, 1.82) is 0 Å². The monoisotopic (exact) mass is 514 g/mol. The van der Waals surface area contributed by atoms with Gasteiger partial charge in [-0.25, -0.2) is 8.78 Å². The van der Waals surface area contributed by atoms with Crippen LogP contribution in [0.25, 0.3) is 0 Å². The van der Waals surface area contributed by atoms with Crippen molar-refractivity contribution in [2.45, 2.75) is 44.8 Å². The van der Waals surface area contributed by atoms with E-state index in [4.69, 9.17) is 10.5 Å². The van der Waals surface area contributed by atoms with Crippen LogP contribution in [-0.4, -0.2) is 28.9 Å². The summed E-state index contributed by atoms with van der Waals surface area (Å²) in [5.41, 5.74) is 10.9. The summed E-state index contributed by atoms with van der Waals surface area (Å²) in [5, 5.41) is 0. The molecule has 4 rings (SSSR count). The van der Waals surface area contributed by atoms with E-state index in [2.05, 4.69) is 57.8 Å². The number of fused-ring (bicyclic) bond motifs is 1. The highest BCUT2D eigenvalue weighted by molar-refractivity contribution is 14.1. The average molecular weight is 514 g/mol. The van der Waals surface area contributed by atoms with Crippen molar-refractivity contribution in [1.82, 2.24) is 4.90 Å². The lowest BCUT2D eigenvalue weighted by Gasteiger charge is -2.29. The van der Waals surface area contributed by atoms with E-state index in [1.807, 2.05) is 24.0 Å². The van der Waals surface area contributed by atoms with E-state index in [1.165, 1.54) is 16.7 Å². The fourth-order valence-electron chi connectivity index (χ4n) is 3.64. The Morgan fingerprint density at radius 2 is 1.86 bits per heavy atom. The Balaban J connectivity index is 0.00000117. The quantitative estimate of drug-likeness (QED) is 0.418. The number of alkyl halides is 3. The number of halogens is 3. The standard InChI is InChI=1S/C22H26F2N2O.CH3I/c1-15(25)17-4-2-16(3-5-17)12-26-9-8-18-10-21(7-6-19(18)13-26)27-14-20-11-22(20,23)24;1-2/h2-7,10,15,20H,8-9,11-14,25H2,1H3;1H3/t15-,20-;/m0./s1. The molecular weight excluding hydrogens is 485 g/mol. The lowest BCUT2D eigenvalue weighted by molar-refractivity contribution is 0.0856. The van der Waals surface area contributed by atoms with Crippen LogP contribution in [0.4, 0.5) is 8.78 Å². The molecule has 2 aliphatic rings. The lowest BCUT2D eigenvalue weighted by atomic mass is 9.98. The van der Waals surface area contributed by atoms with Crippen molar-refractivity contribution in [3.8, 4) is 5.75 Å². The number of nitrogens with two attached hydrogens (primary N) is 1. The van der Waals surface area contributed by atoms with E-state index < -0.39 is 11.8 Å². The third-order valence-electron chi connectivity index (χ3n) is 5.59. The molecule has 1 aliphatic carbocycles. The Morgan fingerprint density at radius 1 is 1.17 bits per heavy atom. The van der Waals surface area contributed by atoms with Gasteiger partial charge in [-0.05, 0) is 52.7 Å². The van der Waals surface area contributed by atoms with E-state index in [9.17, 15) is 8.78 Å². The highest BCUT2D eigenvalue weighted by Crippen LogP contribution is 2.48. The predicted octanol–water partition coefficient (Wildman–Crippen LogP) is 5.35. The summed E-state index contributed by atoms with van der Waals surface area (Å²) in [6, 6.07) is 14.6. The van der Waals surface area contributed by atoms with Crippen LogP contribution in [0.2, 0.25) is 0 Å². The average Bonchev–Trinajstić information content (AvgIpc) is 3.34. The molecular formula is C23H29F2IN2O. The van der Waals surface area contributed by atoms with Crippen molar-refractivity contribution in [3.05, 3.63) is 64.7 Å². The molecule has 2 aromatic rings. The van der Waals surface area contributed by atoms with Crippen molar-refractivity contribution in [2.75, 3.05) is 18.1 Å². The zero-order valence-corrected chi connectivity index (χ0v) is 19.2. The molecule has 0 radical (unpaired) electrons. The van der Waals surface area contributed by atoms with Gasteiger partial charge < -0.3 is 10.5 Å². The molecule has 6 heteroatoms. The van der Waals surface area contributed by atoms with Crippen molar-refractivity contribution in [2.24, 2.45) is 11.7 Å². The van der Waals surface area contributed by atoms with E-state index in [1.54, 1.807) is 0 Å². The van der Waals surface area contributed by atoms with Gasteiger partial charge in [0.2, 0.25) is 0 Å². The molecule has 0 unspecified atom stereocenters. The molecule has 0 spiro atoms. The third-order valence-corrected chi connectivity index (χ3v) is 5.59. The van der Waals surface area contributed by atoms with Gasteiger partial charge >= 0.3 is 0 Å². The second kappa shape index (κ2) is 9.71.